The molecular formula is C18H29N3O3. The third-order valence-electron chi connectivity index (χ3n) is 4.36. The number of nitrogens with zero attached hydrogens (tertiary/aromatic N) is 2. The van der Waals surface area contributed by atoms with E-state index in [1.165, 1.54) is 5.56 Å². The Morgan fingerprint density at radius 3 is 2.42 bits per heavy atom. The molecule has 1 aliphatic rings. The van der Waals surface area contributed by atoms with Crippen molar-refractivity contribution in [1.29, 1.82) is 0 Å². The van der Waals surface area contributed by atoms with Crippen LogP contribution in [0.1, 0.15) is 18.9 Å². The fraction of sp³-hybridized carbons (Fsp3) is 0.611. The zero-order chi connectivity index (χ0) is 17.4. The highest BCUT2D eigenvalue weighted by Gasteiger charge is 2.23. The van der Waals surface area contributed by atoms with Crippen molar-refractivity contribution in [3.8, 4) is 5.75 Å². The van der Waals surface area contributed by atoms with E-state index in [2.05, 4.69) is 17.0 Å². The maximum Gasteiger partial charge on any atom is 0.225 e. The molecule has 24 heavy (non-hydrogen) atoms. The Morgan fingerprint density at radius 1 is 1.21 bits per heavy atom. The Hall–Kier alpha value is -1.63. The summed E-state index contributed by atoms with van der Waals surface area (Å²) in [6.45, 7) is 7.24. The average molecular weight is 335 g/mol. The standard InChI is InChI=1S/C18H29N3O3/c1-3-24-16-6-4-15(5-7-16)14-20-8-10-21(11-9-20)18(22)12-17(13-19)23-2/h4-7,17H,3,8-14,19H2,1-2H3. The molecule has 1 aromatic carbocycles. The minimum atomic E-state index is -0.181. The van der Waals surface area contributed by atoms with Crippen LogP contribution in [0.5, 0.6) is 5.75 Å². The molecule has 0 aliphatic carbocycles. The van der Waals surface area contributed by atoms with Crippen LogP contribution < -0.4 is 10.5 Å². The van der Waals surface area contributed by atoms with Crippen molar-refractivity contribution in [1.82, 2.24) is 9.80 Å². The smallest absolute Gasteiger partial charge is 0.225 e. The summed E-state index contributed by atoms with van der Waals surface area (Å²) in [6.07, 6.45) is 0.186. The molecule has 6 nitrogen and oxygen atoms in total. The third kappa shape index (κ3) is 5.47. The number of nitrogens with two attached hydrogens (primary N) is 1. The third-order valence-corrected chi connectivity index (χ3v) is 4.36. The van der Waals surface area contributed by atoms with Crippen LogP contribution in [0.15, 0.2) is 24.3 Å². The fourth-order valence-corrected chi connectivity index (χ4v) is 2.86. The van der Waals surface area contributed by atoms with Gasteiger partial charge in [-0.2, -0.15) is 0 Å². The van der Waals surface area contributed by atoms with Crippen molar-refractivity contribution in [3.05, 3.63) is 29.8 Å². The van der Waals surface area contributed by atoms with Crippen molar-refractivity contribution in [2.75, 3.05) is 46.4 Å². The van der Waals surface area contributed by atoms with E-state index in [0.29, 0.717) is 19.6 Å². The van der Waals surface area contributed by atoms with Gasteiger partial charge in [0.15, 0.2) is 0 Å². The minimum Gasteiger partial charge on any atom is -0.494 e. The summed E-state index contributed by atoms with van der Waals surface area (Å²) in [5, 5.41) is 0. The maximum absolute atomic E-state index is 12.2. The number of carbonyl (C=O) groups excluding carboxylic acids is 1. The lowest BCUT2D eigenvalue weighted by Gasteiger charge is -2.35. The van der Waals surface area contributed by atoms with E-state index in [1.54, 1.807) is 7.11 Å². The monoisotopic (exact) mass is 335 g/mol. The molecule has 0 saturated carbocycles. The Kier molecular flexibility index (Phi) is 7.49. The molecule has 0 radical (unpaired) electrons. The van der Waals surface area contributed by atoms with Gasteiger partial charge in [0.1, 0.15) is 5.75 Å². The summed E-state index contributed by atoms with van der Waals surface area (Å²) in [6, 6.07) is 8.23. The minimum absolute atomic E-state index is 0.132. The lowest BCUT2D eigenvalue weighted by molar-refractivity contribution is -0.135. The molecule has 1 amide bonds. The highest BCUT2D eigenvalue weighted by atomic mass is 16.5. The number of amides is 1. The second-order valence-corrected chi connectivity index (χ2v) is 6.03. The number of rotatable bonds is 8. The Balaban J connectivity index is 1.77. The first-order valence-electron chi connectivity index (χ1n) is 8.61. The molecule has 0 spiro atoms. The summed E-state index contributed by atoms with van der Waals surface area (Å²) in [5.41, 5.74) is 6.85. The molecule has 1 heterocycles. The second kappa shape index (κ2) is 9.61. The number of ether oxygens (including phenoxy) is 2. The van der Waals surface area contributed by atoms with E-state index in [9.17, 15) is 4.79 Å². The van der Waals surface area contributed by atoms with Gasteiger partial charge in [0.25, 0.3) is 0 Å². The molecule has 1 aromatic rings. The van der Waals surface area contributed by atoms with Gasteiger partial charge in [0, 0.05) is 46.4 Å². The van der Waals surface area contributed by atoms with E-state index >= 15 is 0 Å². The summed E-state index contributed by atoms with van der Waals surface area (Å²) >= 11 is 0. The second-order valence-electron chi connectivity index (χ2n) is 6.03. The molecule has 134 valence electrons. The summed E-state index contributed by atoms with van der Waals surface area (Å²) < 4.78 is 10.7. The van der Waals surface area contributed by atoms with Gasteiger partial charge >= 0.3 is 0 Å². The molecule has 6 heteroatoms. The summed E-state index contributed by atoms with van der Waals surface area (Å²) in [4.78, 5) is 16.5. The van der Waals surface area contributed by atoms with Gasteiger partial charge in [0.05, 0.1) is 19.1 Å². The van der Waals surface area contributed by atoms with Gasteiger partial charge in [-0.25, -0.2) is 0 Å². The number of benzene rings is 1. The first-order chi connectivity index (χ1) is 11.7. The lowest BCUT2D eigenvalue weighted by atomic mass is 10.1. The van der Waals surface area contributed by atoms with E-state index in [-0.39, 0.29) is 12.0 Å². The zero-order valence-electron chi connectivity index (χ0n) is 14.7. The molecule has 1 unspecified atom stereocenters. The molecule has 0 aromatic heterocycles. The predicted molar refractivity (Wildman–Crippen MR) is 93.9 cm³/mol. The van der Waals surface area contributed by atoms with Crippen LogP contribution in [0.25, 0.3) is 0 Å². The molecule has 1 atom stereocenters. The Morgan fingerprint density at radius 2 is 1.88 bits per heavy atom. The highest BCUT2D eigenvalue weighted by molar-refractivity contribution is 5.76. The summed E-state index contributed by atoms with van der Waals surface area (Å²) in [5.74, 6) is 1.04. The van der Waals surface area contributed by atoms with Crippen LogP contribution in [0.4, 0.5) is 0 Å². The first kappa shape index (κ1) is 18.7. The van der Waals surface area contributed by atoms with Crippen molar-refractivity contribution in [3.63, 3.8) is 0 Å². The molecule has 2 rings (SSSR count). The molecule has 2 N–H and O–H groups in total. The number of methoxy groups -OCH3 is 1. The number of carbonyl (C=O) groups is 1. The Labute approximate surface area is 144 Å². The SMILES string of the molecule is CCOc1ccc(CN2CCN(C(=O)CC(CN)OC)CC2)cc1. The molecule has 1 fully saturated rings. The van der Waals surface area contributed by atoms with Gasteiger partial charge in [-0.3, -0.25) is 9.69 Å². The number of hydrogen-bond donors (Lipinski definition) is 1. The van der Waals surface area contributed by atoms with Gasteiger partial charge in [-0.05, 0) is 24.6 Å². The maximum atomic E-state index is 12.2. The largest absolute Gasteiger partial charge is 0.494 e. The van der Waals surface area contributed by atoms with Crippen molar-refractivity contribution in [2.45, 2.75) is 26.0 Å². The molecule has 1 aliphatic heterocycles. The van der Waals surface area contributed by atoms with Crippen LogP contribution in [-0.2, 0) is 16.1 Å². The quantitative estimate of drug-likeness (QED) is 0.770. The fourth-order valence-electron chi connectivity index (χ4n) is 2.86. The lowest BCUT2D eigenvalue weighted by Crippen LogP contribution is -2.49. The topological polar surface area (TPSA) is 68.0 Å². The van der Waals surface area contributed by atoms with E-state index in [4.69, 9.17) is 15.2 Å². The van der Waals surface area contributed by atoms with Crippen molar-refractivity contribution in [2.24, 2.45) is 5.73 Å². The first-order valence-corrected chi connectivity index (χ1v) is 8.61. The van der Waals surface area contributed by atoms with Crippen molar-refractivity contribution >= 4 is 5.91 Å². The molecule has 0 bridgehead atoms. The normalized spacial score (nSPS) is 16.9. The molecule has 1 saturated heterocycles. The van der Waals surface area contributed by atoms with Crippen LogP contribution in [0.3, 0.4) is 0 Å². The van der Waals surface area contributed by atoms with Crippen LogP contribution >= 0.6 is 0 Å². The molecular weight excluding hydrogens is 306 g/mol. The van der Waals surface area contributed by atoms with E-state index in [1.807, 2.05) is 24.0 Å². The predicted octanol–water partition coefficient (Wildman–Crippen LogP) is 1.09. The highest BCUT2D eigenvalue weighted by Crippen LogP contribution is 2.15. The van der Waals surface area contributed by atoms with Gasteiger partial charge in [0.2, 0.25) is 5.91 Å². The van der Waals surface area contributed by atoms with Gasteiger partial charge < -0.3 is 20.1 Å². The average Bonchev–Trinajstić information content (AvgIpc) is 2.62. The van der Waals surface area contributed by atoms with Gasteiger partial charge in [-0.15, -0.1) is 0 Å². The number of hydrogen-bond acceptors (Lipinski definition) is 5. The number of piperazine rings is 1. The van der Waals surface area contributed by atoms with Crippen LogP contribution in [0, 0.1) is 0 Å². The zero-order valence-corrected chi connectivity index (χ0v) is 14.7. The van der Waals surface area contributed by atoms with Crippen LogP contribution in [-0.4, -0.2) is 68.3 Å². The van der Waals surface area contributed by atoms with E-state index in [0.717, 1.165) is 38.5 Å². The Bertz CT molecular complexity index is 495. The van der Waals surface area contributed by atoms with Gasteiger partial charge in [-0.1, -0.05) is 12.1 Å². The van der Waals surface area contributed by atoms with Crippen molar-refractivity contribution < 1.29 is 14.3 Å². The summed E-state index contributed by atoms with van der Waals surface area (Å²) in [7, 11) is 1.60. The van der Waals surface area contributed by atoms with E-state index < -0.39 is 0 Å². The van der Waals surface area contributed by atoms with Crippen LogP contribution in [0.2, 0.25) is 0 Å².